The average molecular weight is 260 g/mol. The van der Waals surface area contributed by atoms with E-state index in [0.717, 1.165) is 35.9 Å². The van der Waals surface area contributed by atoms with Crippen molar-refractivity contribution in [1.29, 1.82) is 0 Å². The number of thiazole rings is 1. The van der Waals surface area contributed by atoms with E-state index in [0.29, 0.717) is 0 Å². The Morgan fingerprint density at radius 3 is 3.22 bits per heavy atom. The second-order valence-corrected chi connectivity index (χ2v) is 5.41. The Kier molecular flexibility index (Phi) is 3.19. The van der Waals surface area contributed by atoms with E-state index in [9.17, 15) is 0 Å². The minimum absolute atomic E-state index is 0.210. The molecule has 18 heavy (non-hydrogen) atoms. The van der Waals surface area contributed by atoms with Gasteiger partial charge in [-0.15, -0.1) is 11.3 Å². The molecule has 94 valence electrons. The zero-order chi connectivity index (χ0) is 12.4. The lowest BCUT2D eigenvalue weighted by atomic mass is 10.1. The van der Waals surface area contributed by atoms with E-state index in [1.54, 1.807) is 11.3 Å². The Bertz CT molecular complexity index is 525. The van der Waals surface area contributed by atoms with Crippen LogP contribution >= 0.6 is 11.3 Å². The van der Waals surface area contributed by atoms with Crippen LogP contribution < -0.4 is 10.1 Å². The average Bonchev–Trinajstić information content (AvgIpc) is 2.93. The monoisotopic (exact) mass is 260 g/mol. The summed E-state index contributed by atoms with van der Waals surface area (Å²) in [6.07, 6.45) is 4.06. The van der Waals surface area contributed by atoms with E-state index in [2.05, 4.69) is 35.4 Å². The molecule has 1 unspecified atom stereocenters. The molecule has 1 aliphatic rings. The van der Waals surface area contributed by atoms with Crippen molar-refractivity contribution < 1.29 is 4.74 Å². The third kappa shape index (κ3) is 2.20. The quantitative estimate of drug-likeness (QED) is 0.914. The molecule has 3 nitrogen and oxygen atoms in total. The summed E-state index contributed by atoms with van der Waals surface area (Å²) in [5.41, 5.74) is 2.38. The van der Waals surface area contributed by atoms with Gasteiger partial charge in [0.25, 0.3) is 0 Å². The number of fused-ring (bicyclic) bond motifs is 1. The van der Waals surface area contributed by atoms with Crippen molar-refractivity contribution in [2.75, 3.05) is 11.9 Å². The molecule has 0 saturated heterocycles. The predicted octanol–water partition coefficient (Wildman–Crippen LogP) is 3.64. The van der Waals surface area contributed by atoms with Gasteiger partial charge in [-0.05, 0) is 31.4 Å². The fourth-order valence-electron chi connectivity index (χ4n) is 2.25. The van der Waals surface area contributed by atoms with Crippen molar-refractivity contribution in [3.05, 3.63) is 40.3 Å². The predicted molar refractivity (Wildman–Crippen MR) is 74.4 cm³/mol. The van der Waals surface area contributed by atoms with Gasteiger partial charge in [0.1, 0.15) is 10.8 Å². The third-order valence-electron chi connectivity index (χ3n) is 3.13. The Morgan fingerprint density at radius 1 is 1.44 bits per heavy atom. The smallest absolute Gasteiger partial charge is 0.145 e. The maximum absolute atomic E-state index is 5.79. The first-order chi connectivity index (χ1) is 8.84. The van der Waals surface area contributed by atoms with Crippen molar-refractivity contribution in [1.82, 2.24) is 4.98 Å². The molecule has 1 atom stereocenters. The van der Waals surface area contributed by atoms with Gasteiger partial charge >= 0.3 is 0 Å². The number of hydrogen-bond donors (Lipinski definition) is 1. The summed E-state index contributed by atoms with van der Waals surface area (Å²) in [7, 11) is 0. The van der Waals surface area contributed by atoms with Crippen LogP contribution in [0, 0.1) is 0 Å². The fraction of sp³-hybridized carbons (Fsp3) is 0.357. The minimum Gasteiger partial charge on any atom is -0.491 e. The fourth-order valence-corrected chi connectivity index (χ4v) is 2.89. The van der Waals surface area contributed by atoms with E-state index in [1.165, 1.54) is 5.56 Å². The van der Waals surface area contributed by atoms with Gasteiger partial charge < -0.3 is 10.1 Å². The van der Waals surface area contributed by atoms with Gasteiger partial charge in [-0.2, -0.15) is 0 Å². The Hall–Kier alpha value is -1.55. The van der Waals surface area contributed by atoms with Crippen molar-refractivity contribution in [2.24, 2.45) is 0 Å². The SMILES string of the molecule is CC(Nc1cccc2c1OCCC2)c1nccs1. The second-order valence-electron chi connectivity index (χ2n) is 4.48. The number of para-hydroxylation sites is 1. The van der Waals surface area contributed by atoms with Gasteiger partial charge in [-0.1, -0.05) is 12.1 Å². The molecule has 1 aromatic carbocycles. The summed E-state index contributed by atoms with van der Waals surface area (Å²) in [5.74, 6) is 1.02. The second kappa shape index (κ2) is 4.98. The highest BCUT2D eigenvalue weighted by molar-refractivity contribution is 7.09. The summed E-state index contributed by atoms with van der Waals surface area (Å²) >= 11 is 1.67. The van der Waals surface area contributed by atoms with Crippen LogP contribution in [-0.2, 0) is 6.42 Å². The van der Waals surface area contributed by atoms with Crippen LogP contribution in [0.3, 0.4) is 0 Å². The summed E-state index contributed by atoms with van der Waals surface area (Å²) in [5, 5.41) is 6.60. The van der Waals surface area contributed by atoms with E-state index < -0.39 is 0 Å². The first-order valence-corrected chi connectivity index (χ1v) is 7.13. The molecule has 0 saturated carbocycles. The van der Waals surface area contributed by atoms with Gasteiger partial charge in [0.2, 0.25) is 0 Å². The van der Waals surface area contributed by atoms with Gasteiger partial charge in [0.15, 0.2) is 0 Å². The molecule has 1 N–H and O–H groups in total. The van der Waals surface area contributed by atoms with Crippen LogP contribution in [-0.4, -0.2) is 11.6 Å². The molecule has 0 bridgehead atoms. The number of aryl methyl sites for hydroxylation is 1. The maximum Gasteiger partial charge on any atom is 0.145 e. The lowest BCUT2D eigenvalue weighted by molar-refractivity contribution is 0.289. The van der Waals surface area contributed by atoms with Gasteiger partial charge in [-0.25, -0.2) is 4.98 Å². The molecule has 3 rings (SSSR count). The molecule has 0 radical (unpaired) electrons. The summed E-state index contributed by atoms with van der Waals surface area (Å²) in [6, 6.07) is 6.52. The molecule has 2 aromatic rings. The zero-order valence-corrected chi connectivity index (χ0v) is 11.2. The van der Waals surface area contributed by atoms with E-state index in [-0.39, 0.29) is 6.04 Å². The van der Waals surface area contributed by atoms with E-state index in [1.807, 2.05) is 11.6 Å². The van der Waals surface area contributed by atoms with Crippen LogP contribution in [0.5, 0.6) is 5.75 Å². The van der Waals surface area contributed by atoms with Crippen molar-refractivity contribution >= 4 is 17.0 Å². The number of nitrogens with zero attached hydrogens (tertiary/aromatic N) is 1. The molecule has 1 aliphatic heterocycles. The molecule has 1 aromatic heterocycles. The molecule has 2 heterocycles. The summed E-state index contributed by atoms with van der Waals surface area (Å²) in [4.78, 5) is 4.34. The van der Waals surface area contributed by atoms with Crippen LogP contribution in [0.2, 0.25) is 0 Å². The molecule has 0 aliphatic carbocycles. The number of rotatable bonds is 3. The first-order valence-electron chi connectivity index (χ1n) is 6.25. The van der Waals surface area contributed by atoms with Crippen LogP contribution in [0.25, 0.3) is 0 Å². The normalized spacial score (nSPS) is 15.6. The van der Waals surface area contributed by atoms with Crippen LogP contribution in [0.15, 0.2) is 29.8 Å². The van der Waals surface area contributed by atoms with Gasteiger partial charge in [0.05, 0.1) is 18.3 Å². The Morgan fingerprint density at radius 2 is 2.39 bits per heavy atom. The Labute approximate surface area is 111 Å². The number of hydrogen-bond acceptors (Lipinski definition) is 4. The van der Waals surface area contributed by atoms with Crippen molar-refractivity contribution in [2.45, 2.75) is 25.8 Å². The molecular formula is C14H16N2OS. The number of aromatic nitrogens is 1. The summed E-state index contributed by atoms with van der Waals surface area (Å²) in [6.45, 7) is 2.94. The highest BCUT2D eigenvalue weighted by atomic mass is 32.1. The molecule has 4 heteroatoms. The standard InChI is InChI=1S/C14H16N2OS/c1-10(14-15-7-9-18-14)16-12-6-2-4-11-5-3-8-17-13(11)12/h2,4,6-7,9-10,16H,3,5,8H2,1H3. The highest BCUT2D eigenvalue weighted by Crippen LogP contribution is 2.35. The van der Waals surface area contributed by atoms with E-state index in [4.69, 9.17) is 4.74 Å². The number of benzene rings is 1. The third-order valence-corrected chi connectivity index (χ3v) is 4.09. The molecule has 0 spiro atoms. The highest BCUT2D eigenvalue weighted by Gasteiger charge is 2.16. The Balaban J connectivity index is 1.84. The lowest BCUT2D eigenvalue weighted by Gasteiger charge is -2.22. The van der Waals surface area contributed by atoms with Gasteiger partial charge in [0, 0.05) is 11.6 Å². The topological polar surface area (TPSA) is 34.1 Å². The largest absolute Gasteiger partial charge is 0.491 e. The number of ether oxygens (including phenoxy) is 1. The van der Waals surface area contributed by atoms with Crippen molar-refractivity contribution in [3.8, 4) is 5.75 Å². The summed E-state index contributed by atoms with van der Waals surface area (Å²) < 4.78 is 5.79. The molecular weight excluding hydrogens is 244 g/mol. The first kappa shape index (κ1) is 11.5. The van der Waals surface area contributed by atoms with Crippen LogP contribution in [0.1, 0.15) is 30.0 Å². The van der Waals surface area contributed by atoms with Crippen molar-refractivity contribution in [3.63, 3.8) is 0 Å². The minimum atomic E-state index is 0.210. The molecule has 0 fully saturated rings. The number of anilines is 1. The zero-order valence-electron chi connectivity index (χ0n) is 10.3. The van der Waals surface area contributed by atoms with E-state index >= 15 is 0 Å². The molecule has 0 amide bonds. The van der Waals surface area contributed by atoms with Crippen LogP contribution in [0.4, 0.5) is 5.69 Å². The number of nitrogens with one attached hydrogen (secondary N) is 1. The lowest BCUT2D eigenvalue weighted by Crippen LogP contribution is -2.13. The van der Waals surface area contributed by atoms with Gasteiger partial charge in [-0.3, -0.25) is 0 Å². The maximum atomic E-state index is 5.79.